The lowest BCUT2D eigenvalue weighted by Crippen LogP contribution is -2.43. The minimum atomic E-state index is -0.595. The van der Waals surface area contributed by atoms with Crippen molar-refractivity contribution in [1.82, 2.24) is 19.4 Å². The molecule has 2 atom stereocenters. The molecule has 4 rings (SSSR count). The van der Waals surface area contributed by atoms with E-state index in [-0.39, 0.29) is 17.7 Å². The Morgan fingerprint density at radius 3 is 2.88 bits per heavy atom. The largest absolute Gasteiger partial charge is 0.366 e. The fourth-order valence-corrected chi connectivity index (χ4v) is 4.58. The number of hydrogen-bond acceptors (Lipinski definition) is 4. The lowest BCUT2D eigenvalue weighted by atomic mass is 9.90. The molecule has 2 aromatic heterocycles. The summed E-state index contributed by atoms with van der Waals surface area (Å²) in [4.78, 5) is 36.2. The van der Waals surface area contributed by atoms with Gasteiger partial charge in [0, 0.05) is 49.8 Å². The SMILES string of the molecule is CCc1nccn1CC(C)C(=O)N1CCCC(c2nc3ccc(F)cc3cc2C(N)=O)C1. The van der Waals surface area contributed by atoms with Gasteiger partial charge in [0.1, 0.15) is 11.6 Å². The molecule has 2 N–H and O–H groups in total. The molecule has 1 aliphatic heterocycles. The van der Waals surface area contributed by atoms with Crippen LogP contribution in [0.25, 0.3) is 10.9 Å². The number of amides is 2. The third kappa shape index (κ3) is 4.35. The summed E-state index contributed by atoms with van der Waals surface area (Å²) in [5.41, 5.74) is 7.12. The normalized spacial score (nSPS) is 17.5. The molecule has 32 heavy (non-hydrogen) atoms. The van der Waals surface area contributed by atoms with Crippen molar-refractivity contribution in [2.24, 2.45) is 11.7 Å². The molecule has 1 aromatic carbocycles. The van der Waals surface area contributed by atoms with E-state index in [4.69, 9.17) is 5.73 Å². The predicted octanol–water partition coefficient (Wildman–Crippen LogP) is 3.27. The molecule has 0 spiro atoms. The highest BCUT2D eigenvalue weighted by atomic mass is 19.1. The lowest BCUT2D eigenvalue weighted by Gasteiger charge is -2.35. The van der Waals surface area contributed by atoms with E-state index in [1.807, 2.05) is 29.5 Å². The van der Waals surface area contributed by atoms with E-state index in [1.54, 1.807) is 18.3 Å². The number of hydrogen-bond donors (Lipinski definition) is 1. The number of primary amides is 1. The van der Waals surface area contributed by atoms with Crippen molar-refractivity contribution in [1.29, 1.82) is 0 Å². The monoisotopic (exact) mass is 437 g/mol. The average molecular weight is 438 g/mol. The molecule has 1 saturated heterocycles. The Morgan fingerprint density at radius 2 is 2.12 bits per heavy atom. The maximum Gasteiger partial charge on any atom is 0.250 e. The van der Waals surface area contributed by atoms with E-state index in [9.17, 15) is 14.0 Å². The maximum absolute atomic E-state index is 13.6. The second-order valence-corrected chi connectivity index (χ2v) is 8.50. The van der Waals surface area contributed by atoms with E-state index in [2.05, 4.69) is 9.97 Å². The minimum Gasteiger partial charge on any atom is -0.366 e. The molecule has 1 aliphatic rings. The Kier molecular flexibility index (Phi) is 6.21. The zero-order valence-corrected chi connectivity index (χ0v) is 18.4. The molecule has 1 fully saturated rings. The summed E-state index contributed by atoms with van der Waals surface area (Å²) in [7, 11) is 0. The number of nitrogens with two attached hydrogens (primary N) is 1. The van der Waals surface area contributed by atoms with Crippen LogP contribution in [-0.4, -0.2) is 44.3 Å². The number of rotatable bonds is 6. The Morgan fingerprint density at radius 1 is 1.31 bits per heavy atom. The summed E-state index contributed by atoms with van der Waals surface area (Å²) in [5, 5.41) is 0.534. The highest BCUT2D eigenvalue weighted by molar-refractivity contribution is 5.98. The first kappa shape index (κ1) is 21.9. The van der Waals surface area contributed by atoms with Crippen LogP contribution in [0.5, 0.6) is 0 Å². The topological polar surface area (TPSA) is 94.1 Å². The van der Waals surface area contributed by atoms with Crippen LogP contribution in [0, 0.1) is 11.7 Å². The standard InChI is InChI=1S/C24H28FN5O2/c1-3-21-27-8-10-29(21)13-15(2)24(32)30-9-4-5-16(14-30)22-19(23(26)31)12-17-11-18(25)6-7-20(17)28-22/h6-8,10-12,15-16H,3-5,9,13-14H2,1-2H3,(H2,26,31). The molecule has 8 heteroatoms. The number of nitrogens with zero attached hydrogens (tertiary/aromatic N) is 4. The molecule has 2 amide bonds. The van der Waals surface area contributed by atoms with Crippen LogP contribution in [0.3, 0.4) is 0 Å². The zero-order chi connectivity index (χ0) is 22.8. The van der Waals surface area contributed by atoms with E-state index < -0.39 is 11.7 Å². The van der Waals surface area contributed by atoms with Crippen LogP contribution >= 0.6 is 0 Å². The van der Waals surface area contributed by atoms with Crippen molar-refractivity contribution in [2.75, 3.05) is 13.1 Å². The van der Waals surface area contributed by atoms with Gasteiger partial charge in [-0.3, -0.25) is 14.6 Å². The summed E-state index contributed by atoms with van der Waals surface area (Å²) in [5.74, 6) is -0.247. The highest BCUT2D eigenvalue weighted by Crippen LogP contribution is 2.31. The molecule has 0 aliphatic carbocycles. The molecule has 0 bridgehead atoms. The van der Waals surface area contributed by atoms with Gasteiger partial charge in [0.05, 0.1) is 22.7 Å². The first-order valence-electron chi connectivity index (χ1n) is 11.1. The molecule has 3 aromatic rings. The summed E-state index contributed by atoms with van der Waals surface area (Å²) < 4.78 is 15.7. The highest BCUT2D eigenvalue weighted by Gasteiger charge is 2.30. The molecule has 2 unspecified atom stereocenters. The van der Waals surface area contributed by atoms with Crippen molar-refractivity contribution in [3.63, 3.8) is 0 Å². The van der Waals surface area contributed by atoms with Crippen molar-refractivity contribution in [3.8, 4) is 0 Å². The second-order valence-electron chi connectivity index (χ2n) is 8.50. The number of aryl methyl sites for hydroxylation is 1. The second kappa shape index (κ2) is 9.06. The molecular formula is C24H28FN5O2. The number of piperidine rings is 1. The van der Waals surface area contributed by atoms with E-state index in [0.29, 0.717) is 41.8 Å². The van der Waals surface area contributed by atoms with Gasteiger partial charge in [-0.25, -0.2) is 9.37 Å². The van der Waals surface area contributed by atoms with E-state index >= 15 is 0 Å². The van der Waals surface area contributed by atoms with Crippen LogP contribution in [0.1, 0.15) is 54.5 Å². The minimum absolute atomic E-state index is 0.0777. The molecular weight excluding hydrogens is 409 g/mol. The fraction of sp³-hybridized carbons (Fsp3) is 0.417. The number of aromatic nitrogens is 3. The number of carbonyl (C=O) groups is 2. The summed E-state index contributed by atoms with van der Waals surface area (Å²) in [6, 6.07) is 5.90. The van der Waals surface area contributed by atoms with Crippen molar-refractivity contribution in [3.05, 3.63) is 59.6 Å². The molecule has 168 valence electrons. The van der Waals surface area contributed by atoms with Gasteiger partial charge in [0.2, 0.25) is 5.91 Å². The lowest BCUT2D eigenvalue weighted by molar-refractivity contribution is -0.136. The number of fused-ring (bicyclic) bond motifs is 1. The van der Waals surface area contributed by atoms with Crippen molar-refractivity contribution in [2.45, 2.75) is 45.6 Å². The predicted molar refractivity (Wildman–Crippen MR) is 120 cm³/mol. The molecule has 3 heterocycles. The first-order chi connectivity index (χ1) is 15.4. The van der Waals surface area contributed by atoms with Crippen LogP contribution < -0.4 is 5.73 Å². The van der Waals surface area contributed by atoms with Gasteiger partial charge < -0.3 is 15.2 Å². The number of carbonyl (C=O) groups excluding carboxylic acids is 2. The van der Waals surface area contributed by atoms with Crippen LogP contribution in [0.15, 0.2) is 36.7 Å². The number of benzene rings is 1. The fourth-order valence-electron chi connectivity index (χ4n) is 4.58. The Hall–Kier alpha value is -3.29. The third-order valence-electron chi connectivity index (χ3n) is 6.20. The summed E-state index contributed by atoms with van der Waals surface area (Å²) in [6.07, 6.45) is 6.10. The maximum atomic E-state index is 13.6. The number of imidazole rings is 1. The zero-order valence-electron chi connectivity index (χ0n) is 18.4. The number of halogens is 1. The Balaban J connectivity index is 1.56. The summed E-state index contributed by atoms with van der Waals surface area (Å²) in [6.45, 7) is 5.71. The van der Waals surface area contributed by atoms with Crippen molar-refractivity contribution < 1.29 is 14.0 Å². The van der Waals surface area contributed by atoms with Crippen LogP contribution in [0.2, 0.25) is 0 Å². The van der Waals surface area contributed by atoms with Crippen molar-refractivity contribution >= 4 is 22.7 Å². The van der Waals surface area contributed by atoms with Gasteiger partial charge in [0.25, 0.3) is 5.91 Å². The molecule has 7 nitrogen and oxygen atoms in total. The van der Waals surface area contributed by atoms with Gasteiger partial charge in [-0.15, -0.1) is 0 Å². The van der Waals surface area contributed by atoms with Gasteiger partial charge in [-0.2, -0.15) is 0 Å². The third-order valence-corrected chi connectivity index (χ3v) is 6.20. The van der Waals surface area contributed by atoms with Crippen LogP contribution in [0.4, 0.5) is 4.39 Å². The van der Waals surface area contributed by atoms with E-state index in [0.717, 1.165) is 25.1 Å². The smallest absolute Gasteiger partial charge is 0.250 e. The van der Waals surface area contributed by atoms with Gasteiger partial charge in [0.15, 0.2) is 0 Å². The van der Waals surface area contributed by atoms with Gasteiger partial charge in [-0.1, -0.05) is 13.8 Å². The van der Waals surface area contributed by atoms with Gasteiger partial charge >= 0.3 is 0 Å². The number of pyridine rings is 1. The Bertz CT molecular complexity index is 1160. The molecule has 0 saturated carbocycles. The van der Waals surface area contributed by atoms with Gasteiger partial charge in [-0.05, 0) is 37.1 Å². The van der Waals surface area contributed by atoms with Crippen LogP contribution in [-0.2, 0) is 17.8 Å². The quantitative estimate of drug-likeness (QED) is 0.640. The first-order valence-corrected chi connectivity index (χ1v) is 11.1. The Labute approximate surface area is 186 Å². The summed E-state index contributed by atoms with van der Waals surface area (Å²) >= 11 is 0. The number of likely N-dealkylation sites (tertiary alicyclic amines) is 1. The van der Waals surface area contributed by atoms with E-state index in [1.165, 1.54) is 12.1 Å². The average Bonchev–Trinajstić information content (AvgIpc) is 3.24. The molecule has 0 radical (unpaired) electrons.